The second kappa shape index (κ2) is 15.8. The van der Waals surface area contributed by atoms with E-state index in [-0.39, 0.29) is 29.7 Å². The van der Waals surface area contributed by atoms with Gasteiger partial charge in [0.2, 0.25) is 11.8 Å². The largest absolute Gasteiger partial charge is 0.505 e. The molecule has 2 saturated heterocycles. The molecule has 1 aromatic heterocycles. The number of carbonyl (C=O) groups is 6. The van der Waals surface area contributed by atoms with E-state index >= 15 is 0 Å². The molecule has 278 valence electrons. The lowest BCUT2D eigenvalue weighted by molar-refractivity contribution is -0.137. The maximum Gasteiger partial charge on any atom is 0.261 e. The number of hydrogen-bond acceptors (Lipinski definition) is 11. The van der Waals surface area contributed by atoms with E-state index in [4.69, 9.17) is 0 Å². The molecule has 2 fully saturated rings. The molecule has 55 heavy (non-hydrogen) atoms. The van der Waals surface area contributed by atoms with Crippen LogP contribution in [0.15, 0.2) is 96.1 Å². The summed E-state index contributed by atoms with van der Waals surface area (Å²) in [5.41, 5.74) is 6.97. The second-order valence-corrected chi connectivity index (χ2v) is 13.3. The average molecular weight is 740 g/mol. The number of ketones is 2. The van der Waals surface area contributed by atoms with Crippen LogP contribution < -0.4 is 20.4 Å². The molecule has 0 bridgehead atoms. The summed E-state index contributed by atoms with van der Waals surface area (Å²) in [6.45, 7) is 2.37. The molecule has 0 saturated carbocycles. The summed E-state index contributed by atoms with van der Waals surface area (Å²) in [7, 11) is 5.76. The number of aromatic nitrogens is 3. The minimum atomic E-state index is -0.678. The van der Waals surface area contributed by atoms with Gasteiger partial charge in [-0.25, -0.2) is 0 Å². The number of phenolic OH excluding ortho intramolecular Hbond substituents is 1. The van der Waals surface area contributed by atoms with Crippen LogP contribution in [0.3, 0.4) is 0 Å². The minimum absolute atomic E-state index is 0.0252. The van der Waals surface area contributed by atoms with Crippen LogP contribution in [0.2, 0.25) is 0 Å². The molecular formula is C41H37N7O7. The summed E-state index contributed by atoms with van der Waals surface area (Å²) >= 11 is 0. The Morgan fingerprint density at radius 2 is 1.16 bits per heavy atom. The predicted molar refractivity (Wildman–Crippen MR) is 206 cm³/mol. The molecular weight excluding hydrogens is 702 g/mol. The molecule has 4 aromatic carbocycles. The van der Waals surface area contributed by atoms with Crippen LogP contribution in [0.1, 0.15) is 35.1 Å². The normalized spacial score (nSPS) is 15.9. The first kappa shape index (κ1) is 37.5. The summed E-state index contributed by atoms with van der Waals surface area (Å²) in [5, 5.41) is 24.3. The third-order valence-corrected chi connectivity index (χ3v) is 8.83. The van der Waals surface area contributed by atoms with Crippen molar-refractivity contribution >= 4 is 69.8 Å². The van der Waals surface area contributed by atoms with Crippen molar-refractivity contribution in [3.05, 3.63) is 118 Å². The zero-order chi connectivity index (χ0) is 39.4. The van der Waals surface area contributed by atoms with Gasteiger partial charge >= 0.3 is 0 Å². The number of nitrogens with one attached hydrogen (secondary N) is 2. The van der Waals surface area contributed by atoms with Gasteiger partial charge in [0, 0.05) is 44.6 Å². The van der Waals surface area contributed by atoms with Gasteiger partial charge in [-0.15, -0.1) is 15.0 Å². The van der Waals surface area contributed by atoms with Crippen LogP contribution in [0.4, 0.5) is 11.4 Å². The van der Waals surface area contributed by atoms with Crippen LogP contribution in [0.5, 0.6) is 5.75 Å². The number of benzene rings is 4. The van der Waals surface area contributed by atoms with Crippen molar-refractivity contribution in [1.29, 1.82) is 0 Å². The summed E-state index contributed by atoms with van der Waals surface area (Å²) in [6, 6.07) is 26.0. The molecule has 5 aromatic rings. The SMILES string of the molecule is CN(C)c1ccc(/C=C2\C(=O)CC(=O)NC2=O)cc1.Cc1cc(CN(C)c2ccc(/C=C3\C(=O)CC(=O)NC3=O)cc2)c(O)c(-n2nc3ccccc3n2)c1. The maximum atomic E-state index is 12.0. The quantitative estimate of drug-likeness (QED) is 0.0955. The molecule has 4 amide bonds. The van der Waals surface area contributed by atoms with E-state index in [0.29, 0.717) is 23.4 Å². The number of rotatable bonds is 7. The molecule has 3 heterocycles. The van der Waals surface area contributed by atoms with E-state index in [0.717, 1.165) is 33.5 Å². The van der Waals surface area contributed by atoms with Crippen molar-refractivity contribution in [1.82, 2.24) is 25.6 Å². The highest BCUT2D eigenvalue weighted by Gasteiger charge is 2.29. The third kappa shape index (κ3) is 8.71. The molecule has 2 aliphatic rings. The lowest BCUT2D eigenvalue weighted by atomic mass is 10.0. The molecule has 14 nitrogen and oxygen atoms in total. The van der Waals surface area contributed by atoms with Gasteiger partial charge in [0.05, 0.1) is 24.0 Å². The van der Waals surface area contributed by atoms with Crippen molar-refractivity contribution < 1.29 is 33.9 Å². The van der Waals surface area contributed by atoms with Gasteiger partial charge in [0.1, 0.15) is 22.5 Å². The average Bonchev–Trinajstić information content (AvgIpc) is 3.58. The first-order chi connectivity index (χ1) is 26.2. The highest BCUT2D eigenvalue weighted by Crippen LogP contribution is 2.30. The number of nitrogens with zero attached hydrogens (tertiary/aromatic N) is 5. The van der Waals surface area contributed by atoms with Gasteiger partial charge in [-0.3, -0.25) is 39.4 Å². The van der Waals surface area contributed by atoms with Crippen LogP contribution in [-0.4, -0.2) is 76.4 Å². The number of aryl methyl sites for hydroxylation is 1. The van der Waals surface area contributed by atoms with Gasteiger partial charge in [-0.1, -0.05) is 42.5 Å². The second-order valence-electron chi connectivity index (χ2n) is 13.3. The van der Waals surface area contributed by atoms with Gasteiger partial charge < -0.3 is 14.9 Å². The Morgan fingerprint density at radius 1 is 0.691 bits per heavy atom. The van der Waals surface area contributed by atoms with Gasteiger partial charge in [-0.2, -0.15) is 0 Å². The van der Waals surface area contributed by atoms with Gasteiger partial charge in [0.15, 0.2) is 11.6 Å². The van der Waals surface area contributed by atoms with Crippen molar-refractivity contribution in [2.24, 2.45) is 0 Å². The molecule has 14 heteroatoms. The number of anilines is 2. The smallest absolute Gasteiger partial charge is 0.261 e. The Kier molecular flexibility index (Phi) is 10.8. The van der Waals surface area contributed by atoms with Crippen molar-refractivity contribution in [3.8, 4) is 11.4 Å². The number of imide groups is 2. The van der Waals surface area contributed by atoms with Crippen molar-refractivity contribution in [2.75, 3.05) is 30.9 Å². The number of amides is 4. The van der Waals surface area contributed by atoms with Crippen molar-refractivity contribution in [2.45, 2.75) is 26.3 Å². The molecule has 0 unspecified atom stereocenters. The van der Waals surface area contributed by atoms with Crippen LogP contribution in [0, 0.1) is 6.92 Å². The Balaban J connectivity index is 0.000000228. The molecule has 0 spiro atoms. The van der Waals surface area contributed by atoms with E-state index < -0.39 is 35.2 Å². The highest BCUT2D eigenvalue weighted by molar-refractivity contribution is 6.33. The third-order valence-electron chi connectivity index (χ3n) is 8.83. The molecule has 2 aliphatic heterocycles. The van der Waals surface area contributed by atoms with E-state index in [1.807, 2.05) is 111 Å². The molecule has 7 rings (SSSR count). The molecule has 0 aliphatic carbocycles. The molecule has 0 atom stereocenters. The summed E-state index contributed by atoms with van der Waals surface area (Å²) in [4.78, 5) is 74.9. The summed E-state index contributed by atoms with van der Waals surface area (Å²) in [6.07, 6.45) is 2.38. The predicted octanol–water partition coefficient (Wildman–Crippen LogP) is 3.82. The Hall–Kier alpha value is -7.22. The number of carbonyl (C=O) groups excluding carboxylic acids is 6. The Morgan fingerprint density at radius 3 is 1.62 bits per heavy atom. The zero-order valence-corrected chi connectivity index (χ0v) is 30.5. The molecule has 3 N–H and O–H groups in total. The monoisotopic (exact) mass is 739 g/mol. The van der Waals surface area contributed by atoms with Crippen LogP contribution >= 0.6 is 0 Å². The first-order valence-corrected chi connectivity index (χ1v) is 17.2. The Labute approximate surface area is 315 Å². The fourth-order valence-corrected chi connectivity index (χ4v) is 5.95. The fraction of sp³-hybridized carbons (Fsp3) is 0.171. The molecule has 0 radical (unpaired) electrons. The summed E-state index contributed by atoms with van der Waals surface area (Å²) in [5.74, 6) is -3.26. The lowest BCUT2D eigenvalue weighted by Crippen LogP contribution is -2.40. The number of phenols is 1. The first-order valence-electron chi connectivity index (χ1n) is 17.2. The number of aromatic hydroxyl groups is 1. The van der Waals surface area contributed by atoms with E-state index in [1.165, 1.54) is 16.9 Å². The minimum Gasteiger partial charge on any atom is -0.505 e. The Bertz CT molecular complexity index is 2350. The maximum absolute atomic E-state index is 12.0. The van der Waals surface area contributed by atoms with E-state index in [9.17, 15) is 33.9 Å². The topological polar surface area (TPSA) is 184 Å². The van der Waals surface area contributed by atoms with Crippen LogP contribution in [0.25, 0.3) is 28.9 Å². The number of piperidine rings is 2. The van der Waals surface area contributed by atoms with Gasteiger partial charge in [-0.05, 0) is 78.2 Å². The fourth-order valence-electron chi connectivity index (χ4n) is 5.95. The number of fused-ring (bicyclic) bond motifs is 1. The number of hydrogen-bond donors (Lipinski definition) is 3. The van der Waals surface area contributed by atoms with Crippen LogP contribution in [-0.2, 0) is 35.3 Å². The van der Waals surface area contributed by atoms with E-state index in [1.54, 1.807) is 12.1 Å². The lowest BCUT2D eigenvalue weighted by Gasteiger charge is -2.21. The van der Waals surface area contributed by atoms with Crippen molar-refractivity contribution in [3.63, 3.8) is 0 Å². The van der Waals surface area contributed by atoms with Gasteiger partial charge in [0.25, 0.3) is 11.8 Å². The van der Waals surface area contributed by atoms with E-state index in [2.05, 4.69) is 20.8 Å². The summed E-state index contributed by atoms with van der Waals surface area (Å²) < 4.78 is 0. The number of Topliss-reactive ketones (excluding diaryl/α,β-unsaturated/α-hetero) is 2. The standard InChI is InChI=1S/C27H23N5O4.C14H14N2O3/c1-16-11-18(26(35)23(12-16)32-29-21-5-3-4-6-22(21)30-32)15-31(2)19-9-7-17(8-10-19)13-20-24(33)14-25(34)28-27(20)36;1-16(2)10-5-3-9(4-6-10)7-11-12(17)8-13(18)15-14(11)19/h3-13,35H,14-15H2,1-2H3,(H,28,34,36);3-7H,8H2,1-2H3,(H,15,18,19)/b20-13+;11-7+. The highest BCUT2D eigenvalue weighted by atomic mass is 16.3. The zero-order valence-electron chi connectivity index (χ0n) is 30.5.